The minimum absolute atomic E-state index is 0.248. The number of hydrogen-bond acceptors (Lipinski definition) is 3. The van der Waals surface area contributed by atoms with E-state index in [2.05, 4.69) is 6.92 Å². The third-order valence-electron chi connectivity index (χ3n) is 2.56. The molecule has 0 fully saturated rings. The minimum atomic E-state index is 0.248. The first-order valence-corrected chi connectivity index (χ1v) is 5.40. The molecule has 1 aliphatic heterocycles. The summed E-state index contributed by atoms with van der Waals surface area (Å²) in [5.41, 5.74) is 6.71. The molecule has 0 spiro atoms. The van der Waals surface area contributed by atoms with Gasteiger partial charge < -0.3 is 15.2 Å². The van der Waals surface area contributed by atoms with E-state index in [0.29, 0.717) is 30.5 Å². The van der Waals surface area contributed by atoms with Crippen LogP contribution >= 0.6 is 11.6 Å². The van der Waals surface area contributed by atoms with Crippen molar-refractivity contribution >= 4 is 11.6 Å². The van der Waals surface area contributed by atoms with Gasteiger partial charge in [-0.25, -0.2) is 0 Å². The summed E-state index contributed by atoms with van der Waals surface area (Å²) in [5, 5.41) is 0.595. The van der Waals surface area contributed by atoms with E-state index in [4.69, 9.17) is 26.8 Å². The van der Waals surface area contributed by atoms with Crippen LogP contribution in [0.5, 0.6) is 11.5 Å². The van der Waals surface area contributed by atoms with Gasteiger partial charge in [0.2, 0.25) is 0 Å². The fourth-order valence-corrected chi connectivity index (χ4v) is 1.84. The first kappa shape index (κ1) is 10.6. The second-order valence-corrected chi connectivity index (χ2v) is 4.04. The van der Waals surface area contributed by atoms with Crippen LogP contribution < -0.4 is 15.2 Å². The first-order valence-electron chi connectivity index (χ1n) is 5.02. The maximum absolute atomic E-state index is 6.03. The molecule has 1 heterocycles. The molecule has 0 saturated heterocycles. The molecule has 82 valence electrons. The number of rotatable bonds is 2. The highest BCUT2D eigenvalue weighted by molar-refractivity contribution is 6.32. The molecule has 0 aromatic heterocycles. The Morgan fingerprint density at radius 2 is 2.00 bits per heavy atom. The summed E-state index contributed by atoms with van der Waals surface area (Å²) in [4.78, 5) is 0. The zero-order chi connectivity index (χ0) is 10.8. The molecule has 1 aromatic carbocycles. The molecule has 15 heavy (non-hydrogen) atoms. The quantitative estimate of drug-likeness (QED) is 0.842. The van der Waals surface area contributed by atoms with Gasteiger partial charge >= 0.3 is 0 Å². The lowest BCUT2D eigenvalue weighted by Crippen LogP contribution is -2.19. The van der Waals surface area contributed by atoms with Gasteiger partial charge in [-0.3, -0.25) is 0 Å². The van der Waals surface area contributed by atoms with Gasteiger partial charge in [-0.05, 0) is 18.5 Å². The Bertz CT molecular complexity index is 368. The second-order valence-electron chi connectivity index (χ2n) is 3.63. The van der Waals surface area contributed by atoms with Crippen LogP contribution in [0.4, 0.5) is 0 Å². The lowest BCUT2D eigenvalue weighted by molar-refractivity contribution is 0.169. The number of hydrogen-bond donors (Lipinski definition) is 1. The molecule has 0 saturated carbocycles. The summed E-state index contributed by atoms with van der Waals surface area (Å²) in [6.45, 7) is 3.75. The Morgan fingerprint density at radius 3 is 2.67 bits per heavy atom. The summed E-state index contributed by atoms with van der Waals surface area (Å²) >= 11 is 6.03. The molecular weight excluding hydrogens is 214 g/mol. The molecule has 3 nitrogen and oxygen atoms in total. The summed E-state index contributed by atoms with van der Waals surface area (Å²) in [6, 6.07) is 3.78. The van der Waals surface area contributed by atoms with Gasteiger partial charge in [0.15, 0.2) is 11.5 Å². The number of halogens is 1. The second kappa shape index (κ2) is 4.29. The Labute approximate surface area is 94.1 Å². The predicted molar refractivity (Wildman–Crippen MR) is 59.9 cm³/mol. The molecule has 1 atom stereocenters. The van der Waals surface area contributed by atoms with Crippen LogP contribution in [-0.4, -0.2) is 19.8 Å². The van der Waals surface area contributed by atoms with E-state index in [1.54, 1.807) is 0 Å². The molecule has 0 radical (unpaired) electrons. The zero-order valence-electron chi connectivity index (χ0n) is 8.63. The van der Waals surface area contributed by atoms with Crippen LogP contribution in [0.3, 0.4) is 0 Å². The fraction of sp³-hybridized carbons (Fsp3) is 0.455. The predicted octanol–water partition coefficient (Wildman–Crippen LogP) is 2.17. The van der Waals surface area contributed by atoms with Crippen LogP contribution in [0, 0.1) is 0 Å². The van der Waals surface area contributed by atoms with Crippen molar-refractivity contribution in [2.24, 2.45) is 5.73 Å². The van der Waals surface area contributed by atoms with Crippen LogP contribution in [0.1, 0.15) is 18.4 Å². The molecule has 1 unspecified atom stereocenters. The van der Waals surface area contributed by atoms with Crippen molar-refractivity contribution < 1.29 is 9.47 Å². The average molecular weight is 228 g/mol. The van der Waals surface area contributed by atoms with E-state index in [9.17, 15) is 0 Å². The molecule has 1 aromatic rings. The number of benzene rings is 1. The van der Waals surface area contributed by atoms with Crippen molar-refractivity contribution in [3.05, 3.63) is 22.7 Å². The van der Waals surface area contributed by atoms with E-state index < -0.39 is 0 Å². The van der Waals surface area contributed by atoms with Gasteiger partial charge in [0.05, 0.1) is 5.02 Å². The highest BCUT2D eigenvalue weighted by Crippen LogP contribution is 2.42. The Hall–Kier alpha value is -0.930. The Kier molecular flexibility index (Phi) is 3.03. The van der Waals surface area contributed by atoms with Crippen molar-refractivity contribution in [2.45, 2.75) is 12.8 Å². The molecule has 1 aliphatic rings. The molecular formula is C11H14ClNO2. The van der Waals surface area contributed by atoms with Crippen LogP contribution in [0.15, 0.2) is 12.1 Å². The van der Waals surface area contributed by atoms with Crippen molar-refractivity contribution in [2.75, 3.05) is 19.8 Å². The summed E-state index contributed by atoms with van der Waals surface area (Å²) in [6.07, 6.45) is 0. The summed E-state index contributed by atoms with van der Waals surface area (Å²) in [7, 11) is 0. The van der Waals surface area contributed by atoms with Crippen LogP contribution in [-0.2, 0) is 0 Å². The van der Waals surface area contributed by atoms with Gasteiger partial charge in [0, 0.05) is 5.56 Å². The molecule has 4 heteroatoms. The van der Waals surface area contributed by atoms with Gasteiger partial charge in [-0.1, -0.05) is 24.6 Å². The van der Waals surface area contributed by atoms with E-state index in [-0.39, 0.29) is 5.92 Å². The Morgan fingerprint density at radius 1 is 1.33 bits per heavy atom. The molecule has 0 bridgehead atoms. The SMILES string of the molecule is CC(CN)c1ccc(Cl)c2c1OCCO2. The van der Waals surface area contributed by atoms with Crippen molar-refractivity contribution in [1.29, 1.82) is 0 Å². The first-order chi connectivity index (χ1) is 7.24. The van der Waals surface area contributed by atoms with Crippen molar-refractivity contribution in [1.82, 2.24) is 0 Å². The highest BCUT2D eigenvalue weighted by atomic mass is 35.5. The van der Waals surface area contributed by atoms with E-state index in [1.807, 2.05) is 12.1 Å². The van der Waals surface area contributed by atoms with E-state index >= 15 is 0 Å². The molecule has 2 N–H and O–H groups in total. The number of fused-ring (bicyclic) bond motifs is 1. The summed E-state index contributed by atoms with van der Waals surface area (Å²) in [5.74, 6) is 1.66. The average Bonchev–Trinajstić information content (AvgIpc) is 2.29. The normalized spacial score (nSPS) is 16.2. The smallest absolute Gasteiger partial charge is 0.180 e. The van der Waals surface area contributed by atoms with E-state index in [0.717, 1.165) is 11.3 Å². The molecule has 0 aliphatic carbocycles. The standard InChI is InChI=1S/C11H14ClNO2/c1-7(6-13)8-2-3-9(12)11-10(8)14-4-5-15-11/h2-3,7H,4-6,13H2,1H3. The molecule has 0 amide bonds. The number of ether oxygens (including phenoxy) is 2. The van der Waals surface area contributed by atoms with Gasteiger partial charge in [0.1, 0.15) is 13.2 Å². The van der Waals surface area contributed by atoms with Gasteiger partial charge in [0.25, 0.3) is 0 Å². The van der Waals surface area contributed by atoms with Crippen molar-refractivity contribution in [3.63, 3.8) is 0 Å². The minimum Gasteiger partial charge on any atom is -0.486 e. The third-order valence-corrected chi connectivity index (χ3v) is 2.85. The lowest BCUT2D eigenvalue weighted by Gasteiger charge is -2.24. The highest BCUT2D eigenvalue weighted by Gasteiger charge is 2.21. The zero-order valence-corrected chi connectivity index (χ0v) is 9.38. The fourth-order valence-electron chi connectivity index (χ4n) is 1.64. The van der Waals surface area contributed by atoms with Crippen LogP contribution in [0.2, 0.25) is 5.02 Å². The van der Waals surface area contributed by atoms with E-state index in [1.165, 1.54) is 0 Å². The Balaban J connectivity index is 2.48. The molecule has 2 rings (SSSR count). The van der Waals surface area contributed by atoms with Gasteiger partial charge in [-0.15, -0.1) is 0 Å². The number of nitrogens with two attached hydrogens (primary N) is 1. The summed E-state index contributed by atoms with van der Waals surface area (Å²) < 4.78 is 11.1. The lowest BCUT2D eigenvalue weighted by atomic mass is 9.99. The monoisotopic (exact) mass is 227 g/mol. The maximum atomic E-state index is 6.03. The van der Waals surface area contributed by atoms with Gasteiger partial charge in [-0.2, -0.15) is 0 Å². The maximum Gasteiger partial charge on any atom is 0.180 e. The third kappa shape index (κ3) is 1.90. The topological polar surface area (TPSA) is 44.5 Å². The van der Waals surface area contributed by atoms with Crippen molar-refractivity contribution in [3.8, 4) is 11.5 Å². The van der Waals surface area contributed by atoms with Crippen LogP contribution in [0.25, 0.3) is 0 Å². The largest absolute Gasteiger partial charge is 0.486 e.